The minimum Gasteiger partial charge on any atom is -0.495 e. The molecule has 1 aliphatic rings. The molecule has 1 saturated carbocycles. The van der Waals surface area contributed by atoms with Crippen molar-refractivity contribution in [3.05, 3.63) is 94.0 Å². The van der Waals surface area contributed by atoms with E-state index >= 15 is 0 Å². The zero-order valence-corrected chi connectivity index (χ0v) is 26.0. The number of rotatable bonds is 12. The summed E-state index contributed by atoms with van der Waals surface area (Å²) in [6.45, 7) is -0.583. The van der Waals surface area contributed by atoms with Gasteiger partial charge in [0.2, 0.25) is 21.8 Å². The molecule has 0 aromatic heterocycles. The third-order valence-corrected chi connectivity index (χ3v) is 9.07. The number of carbonyl (C=O) groups is 2. The third-order valence-electron chi connectivity index (χ3n) is 7.36. The van der Waals surface area contributed by atoms with Crippen LogP contribution < -0.4 is 14.4 Å². The molecular weight excluding hydrogens is 597 g/mol. The summed E-state index contributed by atoms with van der Waals surface area (Å²) in [6, 6.07) is 20.0. The van der Waals surface area contributed by atoms with E-state index in [1.54, 1.807) is 42.5 Å². The van der Waals surface area contributed by atoms with E-state index in [1.807, 2.05) is 30.3 Å². The van der Waals surface area contributed by atoms with Crippen LogP contribution in [0.3, 0.4) is 0 Å². The first-order valence-corrected chi connectivity index (χ1v) is 16.4. The summed E-state index contributed by atoms with van der Waals surface area (Å²) >= 11 is 12.7. The van der Waals surface area contributed by atoms with Gasteiger partial charge in [0.15, 0.2) is 0 Å². The quantitative estimate of drug-likeness (QED) is 0.286. The highest BCUT2D eigenvalue weighted by Gasteiger charge is 2.35. The molecule has 42 heavy (non-hydrogen) atoms. The topological polar surface area (TPSA) is 96.0 Å². The molecule has 0 bridgehead atoms. The second kappa shape index (κ2) is 14.3. The lowest BCUT2D eigenvalue weighted by molar-refractivity contribution is -0.140. The van der Waals surface area contributed by atoms with Gasteiger partial charge in [0.1, 0.15) is 18.3 Å². The van der Waals surface area contributed by atoms with Crippen molar-refractivity contribution in [3.8, 4) is 5.75 Å². The van der Waals surface area contributed by atoms with Crippen LogP contribution in [-0.4, -0.2) is 57.1 Å². The minimum atomic E-state index is -3.93. The molecule has 0 unspecified atom stereocenters. The number of sulfonamides is 1. The van der Waals surface area contributed by atoms with Gasteiger partial charge in [-0.05, 0) is 48.2 Å². The molecule has 11 heteroatoms. The number of amides is 2. The molecule has 0 spiro atoms. The van der Waals surface area contributed by atoms with Crippen LogP contribution in [-0.2, 0) is 32.6 Å². The number of nitrogens with zero attached hydrogens (tertiary/aromatic N) is 2. The number of carbonyl (C=O) groups excluding carboxylic acids is 2. The predicted molar refractivity (Wildman–Crippen MR) is 167 cm³/mol. The highest BCUT2D eigenvalue weighted by atomic mass is 35.5. The molecule has 224 valence electrons. The summed E-state index contributed by atoms with van der Waals surface area (Å²) in [4.78, 5) is 29.6. The Morgan fingerprint density at radius 1 is 1.00 bits per heavy atom. The summed E-state index contributed by atoms with van der Waals surface area (Å²) in [5, 5.41) is 3.90. The first kappa shape index (κ1) is 31.7. The van der Waals surface area contributed by atoms with Gasteiger partial charge >= 0.3 is 0 Å². The van der Waals surface area contributed by atoms with E-state index in [0.29, 0.717) is 21.4 Å². The molecule has 0 aliphatic heterocycles. The van der Waals surface area contributed by atoms with Gasteiger partial charge in [0.25, 0.3) is 0 Å². The Kier molecular flexibility index (Phi) is 10.8. The van der Waals surface area contributed by atoms with Crippen molar-refractivity contribution in [2.24, 2.45) is 0 Å². The molecule has 1 N–H and O–H groups in total. The van der Waals surface area contributed by atoms with E-state index in [4.69, 9.17) is 27.9 Å². The van der Waals surface area contributed by atoms with Crippen LogP contribution in [0.15, 0.2) is 72.8 Å². The van der Waals surface area contributed by atoms with Crippen LogP contribution in [0, 0.1) is 0 Å². The molecule has 8 nitrogen and oxygen atoms in total. The van der Waals surface area contributed by atoms with Gasteiger partial charge in [-0.3, -0.25) is 13.9 Å². The number of nitrogens with one attached hydrogen (secondary N) is 1. The van der Waals surface area contributed by atoms with Gasteiger partial charge in [-0.25, -0.2) is 8.42 Å². The monoisotopic (exact) mass is 631 g/mol. The number of halogens is 2. The molecule has 0 radical (unpaired) electrons. The highest BCUT2D eigenvalue weighted by molar-refractivity contribution is 7.92. The Labute approximate surface area is 257 Å². The summed E-state index contributed by atoms with van der Waals surface area (Å²) in [6.07, 6.45) is 5.05. The number of benzene rings is 3. The SMILES string of the molecule is COc1ccccc1N(CC(=O)N(Cc1ccc(Cl)cc1Cl)[C@@H](Cc1ccccc1)C(=O)NC1CCCC1)S(C)(=O)=O. The van der Waals surface area contributed by atoms with Crippen molar-refractivity contribution in [1.82, 2.24) is 10.2 Å². The maximum Gasteiger partial charge on any atom is 0.244 e. The van der Waals surface area contributed by atoms with E-state index in [-0.39, 0.29) is 30.6 Å². The molecule has 3 aromatic carbocycles. The molecule has 1 fully saturated rings. The Morgan fingerprint density at radius 2 is 1.67 bits per heavy atom. The molecule has 0 heterocycles. The highest BCUT2D eigenvalue weighted by Crippen LogP contribution is 2.30. The fourth-order valence-electron chi connectivity index (χ4n) is 5.19. The third kappa shape index (κ3) is 8.18. The summed E-state index contributed by atoms with van der Waals surface area (Å²) < 4.78 is 32.4. The van der Waals surface area contributed by atoms with Gasteiger partial charge in [0, 0.05) is 29.1 Å². The Morgan fingerprint density at radius 3 is 2.31 bits per heavy atom. The zero-order chi connectivity index (χ0) is 30.3. The Hall–Kier alpha value is -3.27. The summed E-state index contributed by atoms with van der Waals surface area (Å²) in [5.41, 5.74) is 1.65. The molecule has 0 saturated heterocycles. The molecule has 2 amide bonds. The normalized spacial score (nSPS) is 14.3. The smallest absolute Gasteiger partial charge is 0.244 e. The number of hydrogen-bond acceptors (Lipinski definition) is 5. The van der Waals surface area contributed by atoms with E-state index < -0.39 is 28.5 Å². The summed E-state index contributed by atoms with van der Waals surface area (Å²) in [7, 11) is -2.50. The molecule has 3 aromatic rings. The predicted octanol–water partition coefficient (Wildman–Crippen LogP) is 5.47. The lowest BCUT2D eigenvalue weighted by atomic mass is 10.0. The Bertz CT molecular complexity index is 1500. The fraction of sp³-hybridized carbons (Fsp3) is 0.355. The number of para-hydroxylation sites is 2. The van der Waals surface area contributed by atoms with Crippen molar-refractivity contribution < 1.29 is 22.7 Å². The fourth-order valence-corrected chi connectivity index (χ4v) is 6.51. The van der Waals surface area contributed by atoms with Crippen LogP contribution in [0.25, 0.3) is 0 Å². The average Bonchev–Trinajstić information content (AvgIpc) is 3.47. The molecular formula is C31H35Cl2N3O5S. The maximum absolute atomic E-state index is 14.3. The van der Waals surface area contributed by atoms with Crippen LogP contribution in [0.4, 0.5) is 5.69 Å². The maximum atomic E-state index is 14.3. The van der Waals surface area contributed by atoms with Gasteiger partial charge in [-0.2, -0.15) is 0 Å². The second-order valence-corrected chi connectivity index (χ2v) is 13.1. The van der Waals surface area contributed by atoms with Crippen molar-refractivity contribution in [2.45, 2.75) is 50.7 Å². The number of anilines is 1. The van der Waals surface area contributed by atoms with Crippen LogP contribution in [0.2, 0.25) is 10.0 Å². The van der Waals surface area contributed by atoms with Crippen LogP contribution in [0.5, 0.6) is 5.75 Å². The second-order valence-electron chi connectivity index (χ2n) is 10.4. The van der Waals surface area contributed by atoms with Crippen molar-refractivity contribution in [1.29, 1.82) is 0 Å². The van der Waals surface area contributed by atoms with Crippen molar-refractivity contribution >= 4 is 50.7 Å². The van der Waals surface area contributed by atoms with Crippen LogP contribution in [0.1, 0.15) is 36.8 Å². The van der Waals surface area contributed by atoms with E-state index in [9.17, 15) is 18.0 Å². The van der Waals surface area contributed by atoms with Crippen molar-refractivity contribution in [3.63, 3.8) is 0 Å². The van der Waals surface area contributed by atoms with Crippen LogP contribution >= 0.6 is 23.2 Å². The van der Waals surface area contributed by atoms with Crippen molar-refractivity contribution in [2.75, 3.05) is 24.2 Å². The first-order chi connectivity index (χ1) is 20.1. The van der Waals surface area contributed by atoms with Gasteiger partial charge in [-0.15, -0.1) is 0 Å². The zero-order valence-electron chi connectivity index (χ0n) is 23.6. The number of methoxy groups -OCH3 is 1. The lowest BCUT2D eigenvalue weighted by Crippen LogP contribution is -2.54. The van der Waals surface area contributed by atoms with E-state index in [2.05, 4.69) is 5.32 Å². The van der Waals surface area contributed by atoms with Gasteiger partial charge in [-0.1, -0.05) is 84.6 Å². The standard InChI is InChI=1S/C31H35Cl2N3O5S/c1-41-29-15-9-8-14-27(29)36(42(2,39)40)21-30(37)35(20-23-16-17-24(32)19-26(23)33)28(18-22-10-4-3-5-11-22)31(38)34-25-12-6-7-13-25/h3-5,8-11,14-17,19,25,28H,6-7,12-13,18,20-21H2,1-2H3,(H,34,38)/t28-/m0/s1. The van der Waals surface area contributed by atoms with Gasteiger partial charge in [0.05, 0.1) is 19.1 Å². The number of hydrogen-bond donors (Lipinski definition) is 1. The Balaban J connectivity index is 1.76. The lowest BCUT2D eigenvalue weighted by Gasteiger charge is -2.34. The van der Waals surface area contributed by atoms with E-state index in [1.165, 1.54) is 12.0 Å². The molecule has 1 aliphatic carbocycles. The number of ether oxygens (including phenoxy) is 1. The van der Waals surface area contributed by atoms with E-state index in [0.717, 1.165) is 41.8 Å². The molecule has 4 rings (SSSR count). The largest absolute Gasteiger partial charge is 0.495 e. The van der Waals surface area contributed by atoms with Gasteiger partial charge < -0.3 is 15.0 Å². The molecule has 1 atom stereocenters. The first-order valence-electron chi connectivity index (χ1n) is 13.7. The summed E-state index contributed by atoms with van der Waals surface area (Å²) in [5.74, 6) is -0.574. The minimum absolute atomic E-state index is 0.0212. The average molecular weight is 633 g/mol.